The van der Waals surface area contributed by atoms with Crippen molar-refractivity contribution in [2.75, 3.05) is 52.4 Å². The fourth-order valence-electron chi connectivity index (χ4n) is 5.23. The van der Waals surface area contributed by atoms with Crippen LogP contribution in [0.5, 0.6) is 0 Å². The van der Waals surface area contributed by atoms with Crippen molar-refractivity contribution in [1.82, 2.24) is 24.7 Å². The number of aliphatic hydroxyl groups excluding tert-OH is 1. The Morgan fingerprint density at radius 1 is 1.15 bits per heavy atom. The zero-order valence-corrected chi connectivity index (χ0v) is 16.3. The highest BCUT2D eigenvalue weighted by Crippen LogP contribution is 2.45. The second-order valence-electron chi connectivity index (χ2n) is 8.63. The first-order chi connectivity index (χ1) is 13.2. The molecule has 4 heterocycles. The summed E-state index contributed by atoms with van der Waals surface area (Å²) in [5.41, 5.74) is 0.193. The van der Waals surface area contributed by atoms with Crippen molar-refractivity contribution in [1.29, 1.82) is 0 Å². The molecule has 1 amide bonds. The average Bonchev–Trinajstić information content (AvgIpc) is 3.38. The molecule has 2 N–H and O–H groups in total. The highest BCUT2D eigenvalue weighted by molar-refractivity contribution is 5.78. The summed E-state index contributed by atoms with van der Waals surface area (Å²) in [6.45, 7) is 7.37. The predicted molar refractivity (Wildman–Crippen MR) is 103 cm³/mol. The summed E-state index contributed by atoms with van der Waals surface area (Å²) >= 11 is 0. The molecule has 1 aromatic heterocycles. The van der Waals surface area contributed by atoms with Crippen molar-refractivity contribution in [2.24, 2.45) is 11.3 Å². The maximum atomic E-state index is 12.7. The summed E-state index contributed by atoms with van der Waals surface area (Å²) in [4.78, 5) is 26.9. The molecule has 0 aromatic carbocycles. The van der Waals surface area contributed by atoms with Crippen LogP contribution >= 0.6 is 0 Å². The number of aromatic nitrogens is 2. The number of hydrogen-bond acceptors (Lipinski definition) is 5. The lowest BCUT2D eigenvalue weighted by atomic mass is 9.64. The number of nitrogens with zero attached hydrogens (tertiary/aromatic N) is 4. The molecule has 0 aliphatic carbocycles. The van der Waals surface area contributed by atoms with Crippen molar-refractivity contribution in [2.45, 2.75) is 38.6 Å². The van der Waals surface area contributed by atoms with Gasteiger partial charge in [-0.05, 0) is 63.7 Å². The minimum Gasteiger partial charge on any atom is -0.396 e. The number of amides is 1. The Kier molecular flexibility index (Phi) is 5.80. The number of imidazole rings is 1. The molecule has 3 fully saturated rings. The Hall–Kier alpha value is -1.44. The van der Waals surface area contributed by atoms with E-state index in [1.807, 2.05) is 11.1 Å². The molecular formula is C20H33N5O2. The zero-order valence-electron chi connectivity index (χ0n) is 16.3. The van der Waals surface area contributed by atoms with Gasteiger partial charge in [0.15, 0.2) is 0 Å². The molecule has 150 valence electrons. The largest absolute Gasteiger partial charge is 0.396 e. The average molecular weight is 376 g/mol. The van der Waals surface area contributed by atoms with Crippen LogP contribution in [-0.2, 0) is 11.3 Å². The molecule has 3 aliphatic heterocycles. The van der Waals surface area contributed by atoms with E-state index >= 15 is 0 Å². The summed E-state index contributed by atoms with van der Waals surface area (Å²) in [5.74, 6) is 1.48. The molecule has 1 spiro atoms. The van der Waals surface area contributed by atoms with Gasteiger partial charge in [0.1, 0.15) is 5.82 Å². The number of rotatable bonds is 5. The summed E-state index contributed by atoms with van der Waals surface area (Å²) in [5, 5.41) is 10.1. The molecule has 0 radical (unpaired) electrons. The quantitative estimate of drug-likeness (QED) is 0.801. The molecular weight excluding hydrogens is 342 g/mol. The van der Waals surface area contributed by atoms with E-state index in [0.29, 0.717) is 6.54 Å². The molecule has 1 atom stereocenters. The third-order valence-corrected chi connectivity index (χ3v) is 7.10. The third-order valence-electron chi connectivity index (χ3n) is 7.10. The molecule has 3 saturated heterocycles. The lowest BCUT2D eigenvalue weighted by Crippen LogP contribution is -2.55. The van der Waals surface area contributed by atoms with Crippen molar-refractivity contribution < 1.29 is 9.90 Å². The summed E-state index contributed by atoms with van der Waals surface area (Å²) in [6.07, 6.45) is 9.34. The predicted octanol–water partition coefficient (Wildman–Crippen LogP) is 0.929. The second kappa shape index (κ2) is 8.29. The number of likely N-dealkylation sites (tertiary alicyclic amines) is 3. The summed E-state index contributed by atoms with van der Waals surface area (Å²) in [6, 6.07) is 0. The Labute approximate surface area is 161 Å². The van der Waals surface area contributed by atoms with E-state index in [1.54, 1.807) is 6.20 Å². The van der Waals surface area contributed by atoms with Crippen LogP contribution in [-0.4, -0.2) is 88.1 Å². The Morgan fingerprint density at radius 3 is 2.56 bits per heavy atom. The number of aromatic amines is 1. The fourth-order valence-corrected chi connectivity index (χ4v) is 5.23. The number of carbonyl (C=O) groups excluding carboxylic acids is 1. The van der Waals surface area contributed by atoms with E-state index in [2.05, 4.69) is 19.8 Å². The third kappa shape index (κ3) is 4.20. The van der Waals surface area contributed by atoms with Gasteiger partial charge in [-0.2, -0.15) is 0 Å². The summed E-state index contributed by atoms with van der Waals surface area (Å²) in [7, 11) is 0. The Bertz CT molecular complexity index is 606. The van der Waals surface area contributed by atoms with E-state index < -0.39 is 0 Å². The number of hydrogen-bond donors (Lipinski definition) is 2. The molecule has 0 saturated carbocycles. The SMILES string of the molecule is O=C(CN1CCCC1)N1CCC2(CCN(Cc3ncc[nH]3)CC2)[C@H](CO)C1. The topological polar surface area (TPSA) is 75.7 Å². The van der Waals surface area contributed by atoms with Crippen LogP contribution in [0.15, 0.2) is 12.4 Å². The highest BCUT2D eigenvalue weighted by atomic mass is 16.3. The van der Waals surface area contributed by atoms with Crippen LogP contribution in [0, 0.1) is 11.3 Å². The van der Waals surface area contributed by atoms with Gasteiger partial charge in [0.05, 0.1) is 13.1 Å². The van der Waals surface area contributed by atoms with Crippen LogP contribution < -0.4 is 0 Å². The smallest absolute Gasteiger partial charge is 0.236 e. The first kappa shape index (κ1) is 18.9. The molecule has 7 nitrogen and oxygen atoms in total. The molecule has 3 aliphatic rings. The molecule has 27 heavy (non-hydrogen) atoms. The van der Waals surface area contributed by atoms with Gasteiger partial charge < -0.3 is 15.0 Å². The number of H-pyrrole nitrogens is 1. The monoisotopic (exact) mass is 375 g/mol. The van der Waals surface area contributed by atoms with Crippen molar-refractivity contribution in [3.8, 4) is 0 Å². The van der Waals surface area contributed by atoms with E-state index in [1.165, 1.54) is 12.8 Å². The maximum Gasteiger partial charge on any atom is 0.236 e. The van der Waals surface area contributed by atoms with Gasteiger partial charge in [-0.1, -0.05) is 0 Å². The standard InChI is InChI=1S/C20H33N5O2/c26-16-17-13-25(19(27)15-23-8-1-2-9-23)12-5-20(17)3-10-24(11-4-20)14-18-21-6-7-22-18/h6-7,17,26H,1-5,8-16H2,(H,21,22)/t17-/m0/s1. The van der Waals surface area contributed by atoms with Crippen LogP contribution in [0.25, 0.3) is 0 Å². The lowest BCUT2D eigenvalue weighted by Gasteiger charge is -2.51. The second-order valence-corrected chi connectivity index (χ2v) is 8.63. The van der Waals surface area contributed by atoms with Crippen LogP contribution in [0.1, 0.15) is 37.9 Å². The number of aliphatic hydroxyl groups is 1. The number of nitrogens with one attached hydrogen (secondary N) is 1. The molecule has 1 aromatic rings. The van der Waals surface area contributed by atoms with Gasteiger partial charge in [0.2, 0.25) is 5.91 Å². The maximum absolute atomic E-state index is 12.7. The highest BCUT2D eigenvalue weighted by Gasteiger charge is 2.45. The van der Waals surface area contributed by atoms with Gasteiger partial charge in [-0.25, -0.2) is 4.98 Å². The van der Waals surface area contributed by atoms with Crippen LogP contribution in [0.3, 0.4) is 0 Å². The van der Waals surface area contributed by atoms with E-state index in [-0.39, 0.29) is 23.8 Å². The van der Waals surface area contributed by atoms with Gasteiger partial charge in [0, 0.05) is 38.0 Å². The van der Waals surface area contributed by atoms with Crippen molar-refractivity contribution in [3.05, 3.63) is 18.2 Å². The number of carbonyl (C=O) groups is 1. The molecule has 7 heteroatoms. The summed E-state index contributed by atoms with van der Waals surface area (Å²) < 4.78 is 0. The lowest BCUT2D eigenvalue weighted by molar-refractivity contribution is -0.139. The van der Waals surface area contributed by atoms with Crippen molar-refractivity contribution >= 4 is 5.91 Å². The zero-order chi connectivity index (χ0) is 18.7. The van der Waals surface area contributed by atoms with Crippen molar-refractivity contribution in [3.63, 3.8) is 0 Å². The van der Waals surface area contributed by atoms with E-state index in [0.717, 1.165) is 70.9 Å². The van der Waals surface area contributed by atoms with Gasteiger partial charge >= 0.3 is 0 Å². The minimum absolute atomic E-state index is 0.186. The van der Waals surface area contributed by atoms with Gasteiger partial charge in [-0.15, -0.1) is 0 Å². The minimum atomic E-state index is 0.186. The van der Waals surface area contributed by atoms with Gasteiger partial charge in [-0.3, -0.25) is 14.6 Å². The Balaban J connectivity index is 1.31. The molecule has 4 rings (SSSR count). The Morgan fingerprint density at radius 2 is 1.89 bits per heavy atom. The van der Waals surface area contributed by atoms with E-state index in [9.17, 15) is 9.90 Å². The first-order valence-corrected chi connectivity index (χ1v) is 10.5. The van der Waals surface area contributed by atoms with Gasteiger partial charge in [0.25, 0.3) is 0 Å². The van der Waals surface area contributed by atoms with Crippen LogP contribution in [0.4, 0.5) is 0 Å². The molecule has 0 bridgehead atoms. The number of piperidine rings is 2. The normalized spacial score (nSPS) is 26.7. The van der Waals surface area contributed by atoms with Crippen LogP contribution in [0.2, 0.25) is 0 Å². The van der Waals surface area contributed by atoms with E-state index in [4.69, 9.17) is 0 Å². The first-order valence-electron chi connectivity index (χ1n) is 10.5. The molecule has 0 unspecified atom stereocenters. The fraction of sp³-hybridized carbons (Fsp3) is 0.800.